The summed E-state index contributed by atoms with van der Waals surface area (Å²) in [5.41, 5.74) is 7.23. The summed E-state index contributed by atoms with van der Waals surface area (Å²) in [5, 5.41) is 2.67. The summed E-state index contributed by atoms with van der Waals surface area (Å²) >= 11 is 12.2. The molecule has 3 aromatic carbocycles. The number of benzene rings is 3. The van der Waals surface area contributed by atoms with Crippen LogP contribution in [0.3, 0.4) is 0 Å². The predicted molar refractivity (Wildman–Crippen MR) is 88.3 cm³/mol. The van der Waals surface area contributed by atoms with E-state index in [0.717, 1.165) is 10.8 Å². The number of carbonyl (C=O) groups is 1. The number of nitrogens with two attached hydrogens (primary N) is 1. The second kappa shape index (κ2) is 5.40. The first-order chi connectivity index (χ1) is 10.1. The van der Waals surface area contributed by atoms with Gasteiger partial charge in [0.15, 0.2) is 5.78 Å². The average Bonchev–Trinajstić information content (AvgIpc) is 2.50. The second-order valence-corrected chi connectivity index (χ2v) is 5.52. The van der Waals surface area contributed by atoms with E-state index >= 15 is 0 Å². The fourth-order valence-electron chi connectivity index (χ4n) is 2.28. The molecule has 0 heterocycles. The minimum atomic E-state index is -0.107. The van der Waals surface area contributed by atoms with Crippen LogP contribution < -0.4 is 5.73 Å². The molecule has 0 bridgehead atoms. The van der Waals surface area contributed by atoms with Gasteiger partial charge in [0.05, 0.1) is 10.7 Å². The van der Waals surface area contributed by atoms with Crippen LogP contribution in [0.1, 0.15) is 15.9 Å². The van der Waals surface area contributed by atoms with Crippen LogP contribution in [-0.4, -0.2) is 5.78 Å². The normalized spacial score (nSPS) is 10.8. The minimum absolute atomic E-state index is 0.107. The Morgan fingerprint density at radius 2 is 1.57 bits per heavy atom. The Morgan fingerprint density at radius 1 is 0.857 bits per heavy atom. The fraction of sp³-hybridized carbons (Fsp3) is 0. The van der Waals surface area contributed by atoms with Crippen LogP contribution in [-0.2, 0) is 0 Å². The summed E-state index contributed by atoms with van der Waals surface area (Å²) in [7, 11) is 0. The SMILES string of the molecule is Nc1ccc(C(=O)c2ccc(Cl)c3ccccc23)cc1Cl. The molecule has 4 heteroatoms. The Kier molecular flexibility index (Phi) is 3.58. The van der Waals surface area contributed by atoms with Crippen molar-refractivity contribution in [1.29, 1.82) is 0 Å². The van der Waals surface area contributed by atoms with Gasteiger partial charge in [0.2, 0.25) is 0 Å². The highest BCUT2D eigenvalue weighted by molar-refractivity contribution is 6.36. The zero-order valence-electron chi connectivity index (χ0n) is 10.9. The van der Waals surface area contributed by atoms with Crippen LogP contribution >= 0.6 is 23.2 Å². The van der Waals surface area contributed by atoms with E-state index < -0.39 is 0 Å². The van der Waals surface area contributed by atoms with Crippen LogP contribution in [0.15, 0.2) is 54.6 Å². The van der Waals surface area contributed by atoms with Crippen molar-refractivity contribution in [2.45, 2.75) is 0 Å². The monoisotopic (exact) mass is 315 g/mol. The number of halogens is 2. The maximum absolute atomic E-state index is 12.7. The molecule has 2 nitrogen and oxygen atoms in total. The van der Waals surface area contributed by atoms with E-state index in [1.165, 1.54) is 0 Å². The van der Waals surface area contributed by atoms with Crippen molar-refractivity contribution in [3.05, 3.63) is 75.8 Å². The molecule has 21 heavy (non-hydrogen) atoms. The first-order valence-electron chi connectivity index (χ1n) is 6.35. The lowest BCUT2D eigenvalue weighted by molar-refractivity contribution is 0.104. The van der Waals surface area contributed by atoms with Crippen molar-refractivity contribution in [2.24, 2.45) is 0 Å². The number of carbonyl (C=O) groups excluding carboxylic acids is 1. The molecular weight excluding hydrogens is 305 g/mol. The molecule has 0 fully saturated rings. The highest BCUT2D eigenvalue weighted by Gasteiger charge is 2.14. The third kappa shape index (κ3) is 2.48. The van der Waals surface area contributed by atoms with Crippen molar-refractivity contribution in [3.8, 4) is 0 Å². The first-order valence-corrected chi connectivity index (χ1v) is 7.10. The topological polar surface area (TPSA) is 43.1 Å². The maximum atomic E-state index is 12.7. The highest BCUT2D eigenvalue weighted by atomic mass is 35.5. The van der Waals surface area contributed by atoms with Crippen LogP contribution in [0, 0.1) is 0 Å². The van der Waals surface area contributed by atoms with Gasteiger partial charge in [-0.3, -0.25) is 4.79 Å². The van der Waals surface area contributed by atoms with E-state index in [1.54, 1.807) is 30.3 Å². The molecule has 0 unspecified atom stereocenters. The Hall–Kier alpha value is -2.03. The van der Waals surface area contributed by atoms with Gasteiger partial charge in [-0.15, -0.1) is 0 Å². The zero-order valence-corrected chi connectivity index (χ0v) is 12.4. The molecule has 0 aliphatic rings. The lowest BCUT2D eigenvalue weighted by atomic mass is 9.97. The third-order valence-electron chi connectivity index (χ3n) is 3.38. The number of fused-ring (bicyclic) bond motifs is 1. The van der Waals surface area contributed by atoms with Gasteiger partial charge in [0.1, 0.15) is 0 Å². The lowest BCUT2D eigenvalue weighted by Crippen LogP contribution is -2.03. The van der Waals surface area contributed by atoms with Gasteiger partial charge in [0, 0.05) is 21.5 Å². The molecule has 0 amide bonds. The number of ketones is 1. The van der Waals surface area contributed by atoms with Gasteiger partial charge in [-0.05, 0) is 35.7 Å². The van der Waals surface area contributed by atoms with E-state index in [2.05, 4.69) is 0 Å². The Bertz CT molecular complexity index is 859. The molecule has 3 aromatic rings. The summed E-state index contributed by atoms with van der Waals surface area (Å²) in [5.74, 6) is -0.107. The molecule has 3 rings (SSSR count). The standard InChI is InChI=1S/C17H11Cl2NO/c18-14-7-6-13(11-3-1-2-4-12(11)14)17(21)10-5-8-16(20)15(19)9-10/h1-9H,20H2. The molecule has 104 valence electrons. The fourth-order valence-corrected chi connectivity index (χ4v) is 2.69. The van der Waals surface area contributed by atoms with Crippen molar-refractivity contribution in [3.63, 3.8) is 0 Å². The predicted octanol–water partition coefficient (Wildman–Crippen LogP) is 4.96. The second-order valence-electron chi connectivity index (χ2n) is 4.71. The molecule has 0 saturated carbocycles. The van der Waals surface area contributed by atoms with Crippen molar-refractivity contribution < 1.29 is 4.79 Å². The van der Waals surface area contributed by atoms with E-state index in [1.807, 2.05) is 24.3 Å². The zero-order chi connectivity index (χ0) is 15.0. The molecule has 0 saturated heterocycles. The molecule has 0 spiro atoms. The van der Waals surface area contributed by atoms with Gasteiger partial charge >= 0.3 is 0 Å². The summed E-state index contributed by atoms with van der Waals surface area (Å²) in [6.07, 6.45) is 0. The summed E-state index contributed by atoms with van der Waals surface area (Å²) < 4.78 is 0. The molecule has 0 aliphatic heterocycles. The molecule has 0 radical (unpaired) electrons. The Labute approximate surface area is 132 Å². The van der Waals surface area contributed by atoms with Crippen molar-refractivity contribution >= 4 is 45.4 Å². The molecule has 0 atom stereocenters. The summed E-state index contributed by atoms with van der Waals surface area (Å²) in [6.45, 7) is 0. The maximum Gasteiger partial charge on any atom is 0.193 e. The minimum Gasteiger partial charge on any atom is -0.398 e. The molecular formula is C17H11Cl2NO. The van der Waals surface area contributed by atoms with Gasteiger partial charge in [0.25, 0.3) is 0 Å². The van der Waals surface area contributed by atoms with Gasteiger partial charge in [-0.1, -0.05) is 47.5 Å². The summed E-state index contributed by atoms with van der Waals surface area (Å²) in [6, 6.07) is 15.9. The van der Waals surface area contributed by atoms with E-state index in [0.29, 0.717) is 26.9 Å². The van der Waals surface area contributed by atoms with E-state index in [-0.39, 0.29) is 5.78 Å². The van der Waals surface area contributed by atoms with Crippen LogP contribution in [0.25, 0.3) is 10.8 Å². The molecule has 0 aliphatic carbocycles. The number of nitrogen functional groups attached to an aromatic ring is 1. The van der Waals surface area contributed by atoms with E-state index in [4.69, 9.17) is 28.9 Å². The average molecular weight is 316 g/mol. The number of rotatable bonds is 2. The third-order valence-corrected chi connectivity index (χ3v) is 4.04. The quantitative estimate of drug-likeness (QED) is 0.536. The lowest BCUT2D eigenvalue weighted by Gasteiger charge is -2.08. The van der Waals surface area contributed by atoms with Crippen molar-refractivity contribution in [2.75, 3.05) is 5.73 Å². The Balaban J connectivity index is 2.18. The number of hydrogen-bond donors (Lipinski definition) is 1. The number of hydrogen-bond acceptors (Lipinski definition) is 2. The number of anilines is 1. The van der Waals surface area contributed by atoms with Crippen LogP contribution in [0.5, 0.6) is 0 Å². The van der Waals surface area contributed by atoms with Crippen LogP contribution in [0.4, 0.5) is 5.69 Å². The van der Waals surface area contributed by atoms with E-state index in [9.17, 15) is 4.79 Å². The first kappa shape index (κ1) is 13.9. The smallest absolute Gasteiger partial charge is 0.193 e. The van der Waals surface area contributed by atoms with Gasteiger partial charge in [-0.2, -0.15) is 0 Å². The van der Waals surface area contributed by atoms with Crippen molar-refractivity contribution in [1.82, 2.24) is 0 Å². The molecule has 0 aromatic heterocycles. The van der Waals surface area contributed by atoms with Gasteiger partial charge < -0.3 is 5.73 Å². The van der Waals surface area contributed by atoms with Crippen LogP contribution in [0.2, 0.25) is 10.0 Å². The Morgan fingerprint density at radius 3 is 2.29 bits per heavy atom. The van der Waals surface area contributed by atoms with Gasteiger partial charge in [-0.25, -0.2) is 0 Å². The molecule has 2 N–H and O–H groups in total. The summed E-state index contributed by atoms with van der Waals surface area (Å²) in [4.78, 5) is 12.7. The largest absolute Gasteiger partial charge is 0.398 e. The highest BCUT2D eigenvalue weighted by Crippen LogP contribution is 2.29.